The molecule has 0 saturated heterocycles. The normalized spacial score (nSPS) is 10.0. The van der Waals surface area contributed by atoms with Gasteiger partial charge in [0.2, 0.25) is 0 Å². The highest BCUT2D eigenvalue weighted by atomic mass is 16.5. The monoisotopic (exact) mass is 199 g/mol. The number of nitrogens with zero attached hydrogens (tertiary/aromatic N) is 1. The van der Waals surface area contributed by atoms with Crippen LogP contribution < -0.4 is 4.74 Å². The number of aryl methyl sites for hydroxylation is 1. The lowest BCUT2D eigenvalue weighted by molar-refractivity contribution is 0.416. The molecule has 0 radical (unpaired) electrons. The van der Waals surface area contributed by atoms with Crippen LogP contribution in [-0.4, -0.2) is 12.1 Å². The lowest BCUT2D eigenvalue weighted by Gasteiger charge is -2.07. The van der Waals surface area contributed by atoms with Gasteiger partial charge in [-0.05, 0) is 31.2 Å². The average molecular weight is 199 g/mol. The summed E-state index contributed by atoms with van der Waals surface area (Å²) in [5.74, 6) is 0.857. The summed E-state index contributed by atoms with van der Waals surface area (Å²) in [5.41, 5.74) is 2.99. The van der Waals surface area contributed by atoms with E-state index in [1.165, 1.54) is 0 Å². The Morgan fingerprint density at radius 2 is 1.80 bits per heavy atom. The van der Waals surface area contributed by atoms with Crippen molar-refractivity contribution in [1.29, 1.82) is 0 Å². The molecule has 0 atom stereocenters. The molecule has 0 saturated carbocycles. The summed E-state index contributed by atoms with van der Waals surface area (Å²) in [7, 11) is 1.68. The van der Waals surface area contributed by atoms with E-state index in [1.54, 1.807) is 7.11 Å². The summed E-state index contributed by atoms with van der Waals surface area (Å²) < 4.78 is 5.30. The molecule has 1 aromatic heterocycles. The Hall–Kier alpha value is -1.83. The molecule has 0 amide bonds. The zero-order chi connectivity index (χ0) is 10.7. The molecule has 15 heavy (non-hydrogen) atoms. The van der Waals surface area contributed by atoms with E-state index in [0.29, 0.717) is 0 Å². The van der Waals surface area contributed by atoms with Crippen LogP contribution in [-0.2, 0) is 0 Å². The Balaban J connectivity index is 2.53. The first kappa shape index (κ1) is 9.71. The first-order valence-corrected chi connectivity index (χ1v) is 4.88. The predicted octanol–water partition coefficient (Wildman–Crippen LogP) is 3.07. The SMILES string of the molecule is COc1ccccc1-c1cccc(C)n1. The van der Waals surface area contributed by atoms with E-state index in [-0.39, 0.29) is 0 Å². The fraction of sp³-hybridized carbons (Fsp3) is 0.154. The molecule has 2 nitrogen and oxygen atoms in total. The van der Waals surface area contributed by atoms with Gasteiger partial charge in [-0.2, -0.15) is 0 Å². The van der Waals surface area contributed by atoms with Gasteiger partial charge in [0, 0.05) is 11.3 Å². The van der Waals surface area contributed by atoms with Gasteiger partial charge in [-0.1, -0.05) is 18.2 Å². The zero-order valence-corrected chi connectivity index (χ0v) is 8.90. The minimum absolute atomic E-state index is 0.857. The second-order valence-electron chi connectivity index (χ2n) is 3.36. The summed E-state index contributed by atoms with van der Waals surface area (Å²) in [6, 6.07) is 13.9. The number of rotatable bonds is 2. The summed E-state index contributed by atoms with van der Waals surface area (Å²) in [6.07, 6.45) is 0. The van der Waals surface area contributed by atoms with Crippen LogP contribution in [0.3, 0.4) is 0 Å². The Labute approximate surface area is 89.6 Å². The number of ether oxygens (including phenoxy) is 1. The van der Waals surface area contributed by atoms with Crippen LogP contribution in [0.4, 0.5) is 0 Å². The van der Waals surface area contributed by atoms with Gasteiger partial charge in [-0.15, -0.1) is 0 Å². The number of methoxy groups -OCH3 is 1. The van der Waals surface area contributed by atoms with Crippen LogP contribution in [0, 0.1) is 6.92 Å². The number of hydrogen-bond donors (Lipinski definition) is 0. The van der Waals surface area contributed by atoms with Crippen LogP contribution >= 0.6 is 0 Å². The van der Waals surface area contributed by atoms with Gasteiger partial charge in [0.15, 0.2) is 0 Å². The highest BCUT2D eigenvalue weighted by molar-refractivity contribution is 5.66. The number of pyridine rings is 1. The van der Waals surface area contributed by atoms with Crippen molar-refractivity contribution in [3.05, 3.63) is 48.2 Å². The van der Waals surface area contributed by atoms with Gasteiger partial charge < -0.3 is 4.74 Å². The highest BCUT2D eigenvalue weighted by Gasteiger charge is 2.05. The van der Waals surface area contributed by atoms with Gasteiger partial charge in [-0.3, -0.25) is 4.98 Å². The molecule has 0 aliphatic rings. The summed E-state index contributed by atoms with van der Waals surface area (Å²) in [4.78, 5) is 4.47. The molecule has 2 aromatic rings. The van der Waals surface area contributed by atoms with Gasteiger partial charge >= 0.3 is 0 Å². The van der Waals surface area contributed by atoms with Crippen molar-refractivity contribution in [1.82, 2.24) is 4.98 Å². The molecule has 0 spiro atoms. The molecule has 0 fully saturated rings. The first-order chi connectivity index (χ1) is 7.31. The number of aromatic nitrogens is 1. The minimum atomic E-state index is 0.857. The molecular weight excluding hydrogens is 186 g/mol. The molecule has 0 N–H and O–H groups in total. The standard InChI is InChI=1S/C13H13NO/c1-10-6-5-8-12(14-10)11-7-3-4-9-13(11)15-2/h3-9H,1-2H3. The molecule has 2 heteroatoms. The van der Waals surface area contributed by atoms with Crippen LogP contribution in [0.5, 0.6) is 5.75 Å². The Kier molecular flexibility index (Phi) is 2.68. The van der Waals surface area contributed by atoms with Crippen molar-refractivity contribution in [3.63, 3.8) is 0 Å². The third-order valence-corrected chi connectivity index (χ3v) is 2.27. The third kappa shape index (κ3) is 1.99. The molecule has 0 bridgehead atoms. The van der Waals surface area contributed by atoms with Crippen molar-refractivity contribution in [3.8, 4) is 17.0 Å². The number of para-hydroxylation sites is 1. The molecule has 0 unspecified atom stereocenters. The Morgan fingerprint density at radius 3 is 2.53 bits per heavy atom. The van der Waals surface area contributed by atoms with Gasteiger partial charge in [0.1, 0.15) is 5.75 Å². The van der Waals surface area contributed by atoms with Crippen molar-refractivity contribution >= 4 is 0 Å². The number of benzene rings is 1. The molecule has 76 valence electrons. The first-order valence-electron chi connectivity index (χ1n) is 4.88. The maximum absolute atomic E-state index is 5.30. The fourth-order valence-electron chi connectivity index (χ4n) is 1.55. The van der Waals surface area contributed by atoms with Crippen LogP contribution in [0.2, 0.25) is 0 Å². The lowest BCUT2D eigenvalue weighted by atomic mass is 10.1. The van der Waals surface area contributed by atoms with E-state index < -0.39 is 0 Å². The quantitative estimate of drug-likeness (QED) is 0.741. The van der Waals surface area contributed by atoms with E-state index in [1.807, 2.05) is 49.4 Å². The van der Waals surface area contributed by atoms with Gasteiger partial charge in [-0.25, -0.2) is 0 Å². The van der Waals surface area contributed by atoms with E-state index >= 15 is 0 Å². The Morgan fingerprint density at radius 1 is 1.00 bits per heavy atom. The average Bonchev–Trinajstić information content (AvgIpc) is 2.29. The van der Waals surface area contributed by atoms with E-state index in [2.05, 4.69) is 4.98 Å². The van der Waals surface area contributed by atoms with E-state index in [0.717, 1.165) is 22.7 Å². The van der Waals surface area contributed by atoms with Crippen LogP contribution in [0.25, 0.3) is 11.3 Å². The number of hydrogen-bond acceptors (Lipinski definition) is 2. The van der Waals surface area contributed by atoms with Crippen molar-refractivity contribution < 1.29 is 4.74 Å². The highest BCUT2D eigenvalue weighted by Crippen LogP contribution is 2.27. The van der Waals surface area contributed by atoms with E-state index in [4.69, 9.17) is 4.74 Å². The summed E-state index contributed by atoms with van der Waals surface area (Å²) in [6.45, 7) is 1.99. The van der Waals surface area contributed by atoms with Crippen LogP contribution in [0.1, 0.15) is 5.69 Å². The second-order valence-corrected chi connectivity index (χ2v) is 3.36. The lowest BCUT2D eigenvalue weighted by Crippen LogP contribution is -1.90. The largest absolute Gasteiger partial charge is 0.496 e. The minimum Gasteiger partial charge on any atom is -0.496 e. The summed E-state index contributed by atoms with van der Waals surface area (Å²) in [5, 5.41) is 0. The second kappa shape index (κ2) is 4.13. The van der Waals surface area contributed by atoms with Crippen molar-refractivity contribution in [2.75, 3.05) is 7.11 Å². The van der Waals surface area contributed by atoms with Crippen molar-refractivity contribution in [2.45, 2.75) is 6.92 Å². The maximum atomic E-state index is 5.30. The molecule has 0 aliphatic carbocycles. The third-order valence-electron chi connectivity index (χ3n) is 2.27. The summed E-state index contributed by atoms with van der Waals surface area (Å²) >= 11 is 0. The molecular formula is C13H13NO. The molecule has 1 aromatic carbocycles. The molecule has 1 heterocycles. The predicted molar refractivity (Wildman–Crippen MR) is 61.0 cm³/mol. The van der Waals surface area contributed by atoms with Gasteiger partial charge in [0.05, 0.1) is 12.8 Å². The fourth-order valence-corrected chi connectivity index (χ4v) is 1.55. The maximum Gasteiger partial charge on any atom is 0.128 e. The van der Waals surface area contributed by atoms with Crippen LogP contribution in [0.15, 0.2) is 42.5 Å². The Bertz CT molecular complexity index is 466. The smallest absolute Gasteiger partial charge is 0.128 e. The topological polar surface area (TPSA) is 22.1 Å². The van der Waals surface area contributed by atoms with Crippen molar-refractivity contribution in [2.24, 2.45) is 0 Å². The molecule has 0 aliphatic heterocycles. The zero-order valence-electron chi connectivity index (χ0n) is 8.90. The van der Waals surface area contributed by atoms with E-state index in [9.17, 15) is 0 Å². The molecule has 2 rings (SSSR count). The van der Waals surface area contributed by atoms with Gasteiger partial charge in [0.25, 0.3) is 0 Å².